The molecule has 0 radical (unpaired) electrons. The average molecular weight is 252 g/mol. The number of ether oxygens (including phenoxy) is 3. The van der Waals surface area contributed by atoms with E-state index < -0.39 is 0 Å². The Hall–Kier alpha value is -1.26. The highest BCUT2D eigenvalue weighted by molar-refractivity contribution is 5.44. The van der Waals surface area contributed by atoms with E-state index in [9.17, 15) is 5.11 Å². The quantitative estimate of drug-likeness (QED) is 0.870. The van der Waals surface area contributed by atoms with Gasteiger partial charge in [-0.2, -0.15) is 0 Å². The van der Waals surface area contributed by atoms with Crippen LogP contribution in [0.1, 0.15) is 24.8 Å². The highest BCUT2D eigenvalue weighted by Gasteiger charge is 2.19. The van der Waals surface area contributed by atoms with Crippen molar-refractivity contribution in [2.75, 3.05) is 26.9 Å². The Kier molecular flexibility index (Phi) is 4.44. The van der Waals surface area contributed by atoms with E-state index in [4.69, 9.17) is 14.2 Å². The van der Waals surface area contributed by atoms with Crippen LogP contribution in [0.2, 0.25) is 0 Å². The average Bonchev–Trinajstić information content (AvgIpc) is 2.90. The van der Waals surface area contributed by atoms with Crippen molar-refractivity contribution in [3.63, 3.8) is 0 Å². The van der Waals surface area contributed by atoms with Gasteiger partial charge < -0.3 is 19.3 Å². The van der Waals surface area contributed by atoms with Gasteiger partial charge in [0.05, 0.1) is 20.3 Å². The maximum atomic E-state index is 9.20. The van der Waals surface area contributed by atoms with Crippen molar-refractivity contribution in [3.8, 4) is 11.5 Å². The lowest BCUT2D eigenvalue weighted by atomic mass is 10.0. The third-order valence-electron chi connectivity index (χ3n) is 3.21. The second-order valence-corrected chi connectivity index (χ2v) is 4.60. The Balaban J connectivity index is 2.18. The van der Waals surface area contributed by atoms with Gasteiger partial charge >= 0.3 is 0 Å². The van der Waals surface area contributed by atoms with Crippen molar-refractivity contribution >= 4 is 0 Å². The fourth-order valence-electron chi connectivity index (χ4n) is 1.98. The predicted octanol–water partition coefficient (Wildman–Crippen LogP) is 1.96. The minimum Gasteiger partial charge on any atom is -0.493 e. The van der Waals surface area contributed by atoms with Crippen LogP contribution in [0.4, 0.5) is 0 Å². The van der Waals surface area contributed by atoms with Crippen molar-refractivity contribution in [2.45, 2.75) is 25.4 Å². The summed E-state index contributed by atoms with van der Waals surface area (Å²) in [7, 11) is 1.63. The van der Waals surface area contributed by atoms with Crippen LogP contribution in [-0.2, 0) is 4.74 Å². The minimum absolute atomic E-state index is 0.0954. The van der Waals surface area contributed by atoms with Gasteiger partial charge in [0, 0.05) is 18.9 Å². The van der Waals surface area contributed by atoms with E-state index >= 15 is 0 Å². The van der Waals surface area contributed by atoms with Gasteiger partial charge in [-0.3, -0.25) is 0 Å². The molecule has 1 heterocycles. The maximum absolute atomic E-state index is 9.20. The van der Waals surface area contributed by atoms with E-state index in [0.29, 0.717) is 6.61 Å². The van der Waals surface area contributed by atoms with Crippen LogP contribution in [0.25, 0.3) is 0 Å². The lowest BCUT2D eigenvalue weighted by Gasteiger charge is -2.17. The molecule has 4 heteroatoms. The number of hydrogen-bond acceptors (Lipinski definition) is 4. The number of rotatable bonds is 5. The zero-order valence-corrected chi connectivity index (χ0v) is 10.9. The molecule has 1 saturated heterocycles. The lowest BCUT2D eigenvalue weighted by molar-refractivity contribution is 0.138. The van der Waals surface area contributed by atoms with E-state index in [2.05, 4.69) is 0 Å². The van der Waals surface area contributed by atoms with Crippen LogP contribution >= 0.6 is 0 Å². The van der Waals surface area contributed by atoms with Crippen molar-refractivity contribution in [2.24, 2.45) is 0 Å². The molecule has 0 saturated carbocycles. The third-order valence-corrected chi connectivity index (χ3v) is 3.21. The summed E-state index contributed by atoms with van der Waals surface area (Å²) in [6.45, 7) is 3.48. The van der Waals surface area contributed by atoms with Crippen LogP contribution in [-0.4, -0.2) is 38.1 Å². The van der Waals surface area contributed by atoms with Crippen molar-refractivity contribution in [1.29, 1.82) is 0 Å². The molecule has 2 atom stereocenters. The van der Waals surface area contributed by atoms with Crippen LogP contribution in [0.15, 0.2) is 18.2 Å². The summed E-state index contributed by atoms with van der Waals surface area (Å²) < 4.78 is 16.5. The summed E-state index contributed by atoms with van der Waals surface area (Å²) in [5.41, 5.74) is 1.05. The van der Waals surface area contributed by atoms with Crippen LogP contribution in [0.5, 0.6) is 11.5 Å². The van der Waals surface area contributed by atoms with Gasteiger partial charge in [-0.05, 0) is 17.7 Å². The fourth-order valence-corrected chi connectivity index (χ4v) is 1.98. The summed E-state index contributed by atoms with van der Waals surface area (Å²) in [6, 6.07) is 5.78. The molecule has 1 fully saturated rings. The lowest BCUT2D eigenvalue weighted by Crippen LogP contribution is -2.16. The normalized spacial score (nSPS) is 20.7. The summed E-state index contributed by atoms with van der Waals surface area (Å²) in [5, 5.41) is 9.20. The number of benzene rings is 1. The molecule has 1 aromatic rings. The highest BCUT2D eigenvalue weighted by Crippen LogP contribution is 2.32. The summed E-state index contributed by atoms with van der Waals surface area (Å²) >= 11 is 0. The topological polar surface area (TPSA) is 47.9 Å². The standard InChI is InChI=1S/C14H20O4/c1-10(8-15)11-3-4-13(16-2)14(7-11)18-12-5-6-17-9-12/h3-4,7,10,12,15H,5-6,8-9H2,1-2H3. The SMILES string of the molecule is COc1ccc(C(C)CO)cc1OC1CCOC1. The van der Waals surface area contributed by atoms with Crippen molar-refractivity contribution < 1.29 is 19.3 Å². The number of aliphatic hydroxyl groups is 1. The smallest absolute Gasteiger partial charge is 0.161 e. The van der Waals surface area contributed by atoms with Gasteiger partial charge in [0.1, 0.15) is 6.10 Å². The van der Waals surface area contributed by atoms with Crippen LogP contribution in [0.3, 0.4) is 0 Å². The van der Waals surface area contributed by atoms with Crippen molar-refractivity contribution in [3.05, 3.63) is 23.8 Å². The monoisotopic (exact) mass is 252 g/mol. The largest absolute Gasteiger partial charge is 0.493 e. The van der Waals surface area contributed by atoms with E-state index in [1.54, 1.807) is 7.11 Å². The molecule has 2 unspecified atom stereocenters. The summed E-state index contributed by atoms with van der Waals surface area (Å²) in [4.78, 5) is 0. The summed E-state index contributed by atoms with van der Waals surface area (Å²) in [5.74, 6) is 1.54. The Morgan fingerprint density at radius 3 is 2.89 bits per heavy atom. The van der Waals surface area contributed by atoms with Gasteiger partial charge in [0.2, 0.25) is 0 Å². The molecule has 1 aliphatic rings. The van der Waals surface area contributed by atoms with E-state index in [-0.39, 0.29) is 18.6 Å². The first kappa shape index (κ1) is 13.2. The second-order valence-electron chi connectivity index (χ2n) is 4.60. The van der Waals surface area contributed by atoms with Gasteiger partial charge in [0.25, 0.3) is 0 Å². The molecule has 0 aromatic heterocycles. The Morgan fingerprint density at radius 1 is 1.44 bits per heavy atom. The van der Waals surface area contributed by atoms with Crippen LogP contribution in [0, 0.1) is 0 Å². The Bertz CT molecular complexity index is 385. The zero-order chi connectivity index (χ0) is 13.0. The second kappa shape index (κ2) is 6.07. The molecule has 1 N–H and O–H groups in total. The molecular weight excluding hydrogens is 232 g/mol. The molecule has 0 aliphatic carbocycles. The van der Waals surface area contributed by atoms with Gasteiger partial charge in [-0.1, -0.05) is 13.0 Å². The first-order chi connectivity index (χ1) is 8.74. The first-order valence-electron chi connectivity index (χ1n) is 6.27. The fraction of sp³-hybridized carbons (Fsp3) is 0.571. The molecule has 2 rings (SSSR count). The van der Waals surface area contributed by atoms with Crippen LogP contribution < -0.4 is 9.47 Å². The Labute approximate surface area is 107 Å². The van der Waals surface area contributed by atoms with Gasteiger partial charge in [-0.15, -0.1) is 0 Å². The molecule has 4 nitrogen and oxygen atoms in total. The molecule has 1 aromatic carbocycles. The Morgan fingerprint density at radius 2 is 2.28 bits per heavy atom. The molecule has 0 bridgehead atoms. The number of aliphatic hydroxyl groups excluding tert-OH is 1. The first-order valence-corrected chi connectivity index (χ1v) is 6.27. The van der Waals surface area contributed by atoms with E-state index in [1.807, 2.05) is 25.1 Å². The van der Waals surface area contributed by atoms with Gasteiger partial charge in [-0.25, -0.2) is 0 Å². The van der Waals surface area contributed by atoms with E-state index in [0.717, 1.165) is 30.1 Å². The molecule has 0 amide bonds. The molecular formula is C14H20O4. The summed E-state index contributed by atoms with van der Waals surface area (Å²) in [6.07, 6.45) is 1.00. The van der Waals surface area contributed by atoms with E-state index in [1.165, 1.54) is 0 Å². The third kappa shape index (κ3) is 2.94. The maximum Gasteiger partial charge on any atom is 0.161 e. The number of hydrogen-bond donors (Lipinski definition) is 1. The highest BCUT2D eigenvalue weighted by atomic mass is 16.6. The van der Waals surface area contributed by atoms with Gasteiger partial charge in [0.15, 0.2) is 11.5 Å². The minimum atomic E-state index is 0.0954. The number of methoxy groups -OCH3 is 1. The molecule has 1 aliphatic heterocycles. The predicted molar refractivity (Wildman–Crippen MR) is 68.3 cm³/mol. The molecule has 18 heavy (non-hydrogen) atoms. The molecule has 100 valence electrons. The zero-order valence-electron chi connectivity index (χ0n) is 10.9. The van der Waals surface area contributed by atoms with Crippen molar-refractivity contribution in [1.82, 2.24) is 0 Å². The molecule has 0 spiro atoms.